The van der Waals surface area contributed by atoms with E-state index in [1.54, 1.807) is 12.1 Å². The van der Waals surface area contributed by atoms with E-state index in [4.69, 9.17) is 9.52 Å². The largest absolute Gasteiger partial charge is 0.453 e. The standard InChI is InChI=1S/C22H15NO5/c24-13-14-1-3-15(4-2-14)17-7-10-20-18(11-17)12-21(28-20)22(25)16-5-8-19(9-6-16)23(26)27/h1-12,24H,13H2. The number of hydrogen-bond donors (Lipinski definition) is 1. The van der Waals surface area contributed by atoms with Crippen LogP contribution in [0.5, 0.6) is 0 Å². The minimum Gasteiger partial charge on any atom is -0.453 e. The van der Waals surface area contributed by atoms with Gasteiger partial charge in [0.15, 0.2) is 5.76 Å². The first-order valence-corrected chi connectivity index (χ1v) is 8.58. The van der Waals surface area contributed by atoms with Crippen molar-refractivity contribution in [3.63, 3.8) is 0 Å². The highest BCUT2D eigenvalue weighted by molar-refractivity contribution is 6.09. The molecule has 0 aliphatic heterocycles. The van der Waals surface area contributed by atoms with Gasteiger partial charge in [0.05, 0.1) is 11.5 Å². The zero-order chi connectivity index (χ0) is 19.7. The molecule has 28 heavy (non-hydrogen) atoms. The zero-order valence-electron chi connectivity index (χ0n) is 14.7. The topological polar surface area (TPSA) is 93.6 Å². The molecule has 0 fully saturated rings. The molecule has 6 nitrogen and oxygen atoms in total. The first kappa shape index (κ1) is 17.6. The van der Waals surface area contributed by atoms with Crippen molar-refractivity contribution in [2.45, 2.75) is 6.61 Å². The van der Waals surface area contributed by atoms with Crippen LogP contribution in [0.2, 0.25) is 0 Å². The number of rotatable bonds is 5. The van der Waals surface area contributed by atoms with E-state index in [1.165, 1.54) is 24.3 Å². The highest BCUT2D eigenvalue weighted by atomic mass is 16.6. The van der Waals surface area contributed by atoms with Gasteiger partial charge in [-0.15, -0.1) is 0 Å². The molecule has 3 aromatic carbocycles. The van der Waals surface area contributed by atoms with Crippen LogP contribution < -0.4 is 0 Å². The van der Waals surface area contributed by atoms with Crippen LogP contribution in [0, 0.1) is 10.1 Å². The van der Waals surface area contributed by atoms with Gasteiger partial charge in [0.25, 0.3) is 5.69 Å². The minimum atomic E-state index is -0.510. The Bertz CT molecular complexity index is 1170. The van der Waals surface area contributed by atoms with Gasteiger partial charge in [-0.05, 0) is 47.0 Å². The second-order valence-corrected chi connectivity index (χ2v) is 6.35. The van der Waals surface area contributed by atoms with Crippen molar-refractivity contribution < 1.29 is 19.2 Å². The summed E-state index contributed by atoms with van der Waals surface area (Å²) in [5, 5.41) is 20.7. The van der Waals surface area contributed by atoms with Crippen molar-refractivity contribution in [1.82, 2.24) is 0 Å². The number of carbonyl (C=O) groups is 1. The van der Waals surface area contributed by atoms with Gasteiger partial charge in [0.1, 0.15) is 5.58 Å². The molecule has 0 bridgehead atoms. The molecule has 1 heterocycles. The summed E-state index contributed by atoms with van der Waals surface area (Å²) in [5.41, 5.74) is 3.63. The van der Waals surface area contributed by atoms with Gasteiger partial charge in [-0.2, -0.15) is 0 Å². The summed E-state index contributed by atoms with van der Waals surface area (Å²) >= 11 is 0. The molecule has 0 aliphatic rings. The van der Waals surface area contributed by atoms with E-state index in [2.05, 4.69) is 0 Å². The lowest BCUT2D eigenvalue weighted by atomic mass is 10.0. The molecule has 138 valence electrons. The van der Waals surface area contributed by atoms with Crippen LogP contribution >= 0.6 is 0 Å². The molecular formula is C22H15NO5. The van der Waals surface area contributed by atoms with E-state index in [0.717, 1.165) is 22.1 Å². The van der Waals surface area contributed by atoms with E-state index in [9.17, 15) is 14.9 Å². The number of aliphatic hydroxyl groups excluding tert-OH is 1. The van der Waals surface area contributed by atoms with E-state index >= 15 is 0 Å². The summed E-state index contributed by atoms with van der Waals surface area (Å²) in [6.45, 7) is -0.00480. The van der Waals surface area contributed by atoms with E-state index in [0.29, 0.717) is 11.1 Å². The van der Waals surface area contributed by atoms with Gasteiger partial charge in [0.2, 0.25) is 5.78 Å². The van der Waals surface area contributed by atoms with Crippen LogP contribution in [-0.2, 0) is 6.61 Å². The molecule has 0 aliphatic carbocycles. The van der Waals surface area contributed by atoms with Crippen LogP contribution in [0.1, 0.15) is 21.7 Å². The molecule has 0 saturated carbocycles. The summed E-state index contributed by atoms with van der Waals surface area (Å²) in [6, 6.07) is 20.3. The van der Waals surface area contributed by atoms with Crippen LogP contribution in [0.15, 0.2) is 77.2 Å². The van der Waals surface area contributed by atoms with Crippen molar-refractivity contribution in [2.24, 2.45) is 0 Å². The number of carbonyl (C=O) groups excluding carboxylic acids is 1. The van der Waals surface area contributed by atoms with Gasteiger partial charge in [-0.25, -0.2) is 0 Å². The minimum absolute atomic E-state index is 0.00480. The maximum absolute atomic E-state index is 12.6. The molecule has 0 amide bonds. The predicted molar refractivity (Wildman–Crippen MR) is 104 cm³/mol. The van der Waals surface area contributed by atoms with Gasteiger partial charge >= 0.3 is 0 Å². The number of aliphatic hydroxyl groups is 1. The fourth-order valence-electron chi connectivity index (χ4n) is 3.01. The molecule has 0 unspecified atom stereocenters. The number of hydrogen-bond acceptors (Lipinski definition) is 5. The number of furan rings is 1. The van der Waals surface area contributed by atoms with E-state index in [-0.39, 0.29) is 23.8 Å². The molecule has 4 aromatic rings. The van der Waals surface area contributed by atoms with E-state index < -0.39 is 4.92 Å². The maximum atomic E-state index is 12.6. The van der Waals surface area contributed by atoms with E-state index in [1.807, 2.05) is 36.4 Å². The van der Waals surface area contributed by atoms with Crippen LogP contribution in [0.25, 0.3) is 22.1 Å². The first-order chi connectivity index (χ1) is 13.5. The lowest BCUT2D eigenvalue weighted by Crippen LogP contribution is -1.99. The fourth-order valence-corrected chi connectivity index (χ4v) is 3.01. The molecule has 1 aromatic heterocycles. The maximum Gasteiger partial charge on any atom is 0.269 e. The third-order valence-corrected chi connectivity index (χ3v) is 4.55. The monoisotopic (exact) mass is 373 g/mol. The predicted octanol–water partition coefficient (Wildman–Crippen LogP) is 4.73. The quantitative estimate of drug-likeness (QED) is 0.310. The second-order valence-electron chi connectivity index (χ2n) is 6.35. The number of fused-ring (bicyclic) bond motifs is 1. The first-order valence-electron chi connectivity index (χ1n) is 8.58. The lowest BCUT2D eigenvalue weighted by Gasteiger charge is -2.03. The SMILES string of the molecule is O=C(c1ccc([N+](=O)[O-])cc1)c1cc2cc(-c3ccc(CO)cc3)ccc2o1. The Labute approximate surface area is 159 Å². The molecule has 1 N–H and O–H groups in total. The highest BCUT2D eigenvalue weighted by Gasteiger charge is 2.16. The fraction of sp³-hybridized carbons (Fsp3) is 0.0455. The van der Waals surface area contributed by atoms with Crippen molar-refractivity contribution in [1.29, 1.82) is 0 Å². The van der Waals surface area contributed by atoms with Crippen molar-refractivity contribution in [2.75, 3.05) is 0 Å². The summed E-state index contributed by atoms with van der Waals surface area (Å²) < 4.78 is 5.67. The Hall–Kier alpha value is -3.77. The lowest BCUT2D eigenvalue weighted by molar-refractivity contribution is -0.384. The summed E-state index contributed by atoms with van der Waals surface area (Å²) in [4.78, 5) is 22.9. The van der Waals surface area contributed by atoms with Crippen molar-refractivity contribution in [3.8, 4) is 11.1 Å². The molecule has 0 radical (unpaired) electrons. The van der Waals surface area contributed by atoms with Gasteiger partial charge < -0.3 is 9.52 Å². The van der Waals surface area contributed by atoms with Gasteiger partial charge in [-0.3, -0.25) is 14.9 Å². The molecule has 0 saturated heterocycles. The Morgan fingerprint density at radius 2 is 1.61 bits per heavy atom. The smallest absolute Gasteiger partial charge is 0.269 e. The number of nitro groups is 1. The van der Waals surface area contributed by atoms with Crippen molar-refractivity contribution in [3.05, 3.63) is 99.8 Å². The number of ketones is 1. The molecule has 0 atom stereocenters. The Morgan fingerprint density at radius 3 is 2.25 bits per heavy atom. The van der Waals surface area contributed by atoms with Gasteiger partial charge in [0, 0.05) is 23.1 Å². The average molecular weight is 373 g/mol. The third kappa shape index (κ3) is 3.28. The number of nitro benzene ring substituents is 1. The third-order valence-electron chi connectivity index (χ3n) is 4.55. The molecule has 4 rings (SSSR count). The normalized spacial score (nSPS) is 10.9. The average Bonchev–Trinajstić information content (AvgIpc) is 3.16. The molecular weight excluding hydrogens is 358 g/mol. The Kier molecular flexibility index (Phi) is 4.47. The zero-order valence-corrected chi connectivity index (χ0v) is 14.7. The molecule has 0 spiro atoms. The van der Waals surface area contributed by atoms with Crippen LogP contribution in [0.4, 0.5) is 5.69 Å². The number of benzene rings is 3. The Balaban J connectivity index is 1.65. The van der Waals surface area contributed by atoms with Crippen molar-refractivity contribution >= 4 is 22.4 Å². The second kappa shape index (κ2) is 7.09. The highest BCUT2D eigenvalue weighted by Crippen LogP contribution is 2.28. The Morgan fingerprint density at radius 1 is 0.929 bits per heavy atom. The summed E-state index contributed by atoms with van der Waals surface area (Å²) in [5.74, 6) is -0.156. The molecule has 6 heteroatoms. The van der Waals surface area contributed by atoms with Gasteiger partial charge in [-0.1, -0.05) is 30.3 Å². The summed E-state index contributed by atoms with van der Waals surface area (Å²) in [6.07, 6.45) is 0. The number of non-ortho nitro benzene ring substituents is 1. The van der Waals surface area contributed by atoms with Crippen LogP contribution in [-0.4, -0.2) is 15.8 Å². The van der Waals surface area contributed by atoms with Crippen LogP contribution in [0.3, 0.4) is 0 Å². The summed E-state index contributed by atoms with van der Waals surface area (Å²) in [7, 11) is 0. The number of nitrogens with zero attached hydrogens (tertiary/aromatic N) is 1.